The van der Waals surface area contributed by atoms with Crippen LogP contribution in [0.2, 0.25) is 0 Å². The van der Waals surface area contributed by atoms with Gasteiger partial charge in [0.15, 0.2) is 0 Å². The summed E-state index contributed by atoms with van der Waals surface area (Å²) in [7, 11) is 0. The van der Waals surface area contributed by atoms with Gasteiger partial charge >= 0.3 is 0 Å². The van der Waals surface area contributed by atoms with Crippen molar-refractivity contribution in [2.45, 2.75) is 59.3 Å². The lowest BCUT2D eigenvalue weighted by molar-refractivity contribution is 0.590. The van der Waals surface area contributed by atoms with E-state index >= 15 is 0 Å². The van der Waals surface area contributed by atoms with E-state index in [0.29, 0.717) is 0 Å². The molecule has 2 aliphatic rings. The summed E-state index contributed by atoms with van der Waals surface area (Å²) in [5.41, 5.74) is 20.2. The summed E-state index contributed by atoms with van der Waals surface area (Å²) in [5, 5.41) is 5.31. The number of hydrogen-bond acceptors (Lipinski definition) is 4. The number of aryl methyl sites for hydroxylation is 1. The average Bonchev–Trinajstić information content (AvgIpc) is 3.92. The van der Waals surface area contributed by atoms with Crippen LogP contribution in [0.3, 0.4) is 0 Å². The molecule has 2 aliphatic heterocycles. The minimum Gasteiger partial charge on any atom is -0.311 e. The van der Waals surface area contributed by atoms with Crippen molar-refractivity contribution in [3.63, 3.8) is 0 Å². The number of benzene rings is 9. The molecule has 0 radical (unpaired) electrons. The molecule has 13 rings (SSSR count). The van der Waals surface area contributed by atoms with Crippen LogP contribution in [-0.2, 0) is 10.8 Å². The number of anilines is 6. The fourth-order valence-electron chi connectivity index (χ4n) is 11.1. The first-order valence-electron chi connectivity index (χ1n) is 23.9. The van der Waals surface area contributed by atoms with Crippen molar-refractivity contribution in [2.24, 2.45) is 0 Å². The first kappa shape index (κ1) is 41.3. The third kappa shape index (κ3) is 6.36. The second-order valence-corrected chi connectivity index (χ2v) is 23.1. The van der Waals surface area contributed by atoms with E-state index in [0.717, 1.165) is 11.4 Å². The number of fused-ring (bicyclic) bond motifs is 10. The summed E-state index contributed by atoms with van der Waals surface area (Å²) in [4.78, 5) is 5.14. The van der Waals surface area contributed by atoms with Crippen molar-refractivity contribution >= 4 is 120 Å². The fourth-order valence-corrected chi connectivity index (χ4v) is 13.6. The number of nitrogens with zero attached hydrogens (tertiary/aromatic N) is 2. The lowest BCUT2D eigenvalue weighted by Crippen LogP contribution is -2.61. The number of hydrogen-bond donors (Lipinski definition) is 0. The largest absolute Gasteiger partial charge is 0.311 e. The lowest BCUT2D eigenvalue weighted by Gasteiger charge is -2.45. The summed E-state index contributed by atoms with van der Waals surface area (Å²) >= 11 is 3.79. The summed E-state index contributed by atoms with van der Waals surface area (Å²) in [5.74, 6) is 0. The Morgan fingerprint density at radius 3 is 1.24 bits per heavy atom. The normalized spacial score (nSPS) is 13.4. The van der Waals surface area contributed by atoms with E-state index in [-0.39, 0.29) is 17.5 Å². The van der Waals surface area contributed by atoms with E-state index < -0.39 is 0 Å². The van der Waals surface area contributed by atoms with E-state index in [1.54, 1.807) is 0 Å². The molecule has 9 aromatic carbocycles. The van der Waals surface area contributed by atoms with Gasteiger partial charge in [-0.05, 0) is 134 Å². The maximum Gasteiger partial charge on any atom is 0.252 e. The molecule has 0 unspecified atom stereocenters. The van der Waals surface area contributed by atoms with Gasteiger partial charge in [-0.1, -0.05) is 163 Å². The molecule has 0 N–H and O–H groups in total. The molecule has 0 saturated heterocycles. The third-order valence-electron chi connectivity index (χ3n) is 14.6. The molecule has 0 atom stereocenters. The van der Waals surface area contributed by atoms with Crippen molar-refractivity contribution in [1.29, 1.82) is 0 Å². The Morgan fingerprint density at radius 1 is 0.397 bits per heavy atom. The molecule has 0 amide bonds. The zero-order valence-electron chi connectivity index (χ0n) is 39.6. The van der Waals surface area contributed by atoms with Crippen LogP contribution in [0.5, 0.6) is 0 Å². The van der Waals surface area contributed by atoms with Crippen LogP contribution in [0, 0.1) is 6.92 Å². The highest BCUT2D eigenvalue weighted by Gasteiger charge is 2.44. The van der Waals surface area contributed by atoms with E-state index in [4.69, 9.17) is 0 Å². The van der Waals surface area contributed by atoms with Crippen molar-refractivity contribution in [3.8, 4) is 22.3 Å². The topological polar surface area (TPSA) is 6.48 Å². The van der Waals surface area contributed by atoms with Gasteiger partial charge < -0.3 is 9.80 Å². The van der Waals surface area contributed by atoms with Crippen LogP contribution in [0.15, 0.2) is 182 Å². The zero-order valence-corrected chi connectivity index (χ0v) is 41.2. The molecule has 328 valence electrons. The maximum absolute atomic E-state index is 2.57. The highest BCUT2D eigenvalue weighted by atomic mass is 32.1. The Bertz CT molecular complexity index is 3590. The van der Waals surface area contributed by atoms with Crippen molar-refractivity contribution in [3.05, 3.63) is 199 Å². The second-order valence-electron chi connectivity index (χ2n) is 21.0. The molecule has 2 nitrogen and oxygen atoms in total. The first-order valence-corrected chi connectivity index (χ1v) is 25.6. The van der Waals surface area contributed by atoms with E-state index in [1.165, 1.54) is 118 Å². The minimum absolute atomic E-state index is 0.0247. The Kier molecular flexibility index (Phi) is 9.13. The summed E-state index contributed by atoms with van der Waals surface area (Å²) in [6.45, 7) is 16.3. The van der Waals surface area contributed by atoms with Crippen molar-refractivity contribution < 1.29 is 0 Å². The van der Waals surface area contributed by atoms with Gasteiger partial charge in [0.05, 0.1) is 0 Å². The van der Waals surface area contributed by atoms with Gasteiger partial charge in [-0.3, -0.25) is 0 Å². The predicted octanol–water partition coefficient (Wildman–Crippen LogP) is 16.7. The highest BCUT2D eigenvalue weighted by Crippen LogP contribution is 2.48. The molecule has 5 heteroatoms. The Balaban J connectivity index is 1.00. The Morgan fingerprint density at radius 2 is 0.809 bits per heavy atom. The van der Waals surface area contributed by atoms with Crippen molar-refractivity contribution in [1.82, 2.24) is 0 Å². The van der Waals surface area contributed by atoms with E-state index in [2.05, 4.69) is 240 Å². The SMILES string of the molecule is Cc1cc2c3c(c1)N(c1ccc(-c4cccc5c4sc4ccccc45)cc1)c1cc(C(C)(C)C)ccc1B3c1ccc(C(C)(C)C)cc1N2c1ccc(-c2cccc3c2sc2ccccc23)cc1. The Labute approximate surface area is 407 Å². The number of thiophene rings is 2. The Hall–Kier alpha value is -6.92. The maximum atomic E-state index is 2.57. The molecule has 0 fully saturated rings. The molecule has 0 saturated carbocycles. The summed E-state index contributed by atoms with van der Waals surface area (Å²) < 4.78 is 5.34. The predicted molar refractivity (Wildman–Crippen MR) is 299 cm³/mol. The number of rotatable bonds is 4. The van der Waals surface area contributed by atoms with Crippen LogP contribution < -0.4 is 26.2 Å². The fraction of sp³-hybridized carbons (Fsp3) is 0.143. The minimum atomic E-state index is -0.0247. The molecule has 11 aromatic rings. The van der Waals surface area contributed by atoms with E-state index in [9.17, 15) is 0 Å². The second kappa shape index (κ2) is 15.0. The van der Waals surface area contributed by atoms with Gasteiger partial charge in [-0.25, -0.2) is 0 Å². The molecule has 0 spiro atoms. The molecule has 4 heterocycles. The third-order valence-corrected chi connectivity index (χ3v) is 17.1. The van der Waals surface area contributed by atoms with Crippen LogP contribution in [0.25, 0.3) is 62.6 Å². The molecular formula is C63H51BN2S2. The first-order chi connectivity index (χ1) is 32.9. The monoisotopic (exact) mass is 910 g/mol. The molecule has 0 aliphatic carbocycles. The summed E-state index contributed by atoms with van der Waals surface area (Å²) in [6.07, 6.45) is 0. The van der Waals surface area contributed by atoms with Crippen LogP contribution in [0.4, 0.5) is 34.1 Å². The molecule has 0 bridgehead atoms. The molecular weight excluding hydrogens is 860 g/mol. The average molecular weight is 911 g/mol. The molecule has 2 aromatic heterocycles. The van der Waals surface area contributed by atoms with Gasteiger partial charge in [0, 0.05) is 74.5 Å². The lowest BCUT2D eigenvalue weighted by atomic mass is 9.33. The van der Waals surface area contributed by atoms with Crippen molar-refractivity contribution in [2.75, 3.05) is 9.80 Å². The summed E-state index contributed by atoms with van der Waals surface area (Å²) in [6, 6.07) is 69.4. The van der Waals surface area contributed by atoms with Crippen LogP contribution in [-0.4, -0.2) is 6.71 Å². The highest BCUT2D eigenvalue weighted by molar-refractivity contribution is 7.26. The molecule has 68 heavy (non-hydrogen) atoms. The van der Waals surface area contributed by atoms with Gasteiger partial charge in [-0.2, -0.15) is 0 Å². The standard InChI is InChI=1S/C63H51BN2S2/c1-38-34-55-59-56(35-38)66(44-30-24-40(25-31-44)46-17-13-19-50-48-15-9-11-21-58(48)68-61(46)50)54-37-42(63(5,6)7)27-33-52(54)64(59)51-32-26-41(62(2,3)4)36-53(51)65(55)43-28-22-39(23-29-43)45-16-12-18-49-47-14-8-10-20-57(47)67-60(45)49/h8-37H,1-7H3. The van der Waals surface area contributed by atoms with Crippen LogP contribution >= 0.6 is 22.7 Å². The van der Waals surface area contributed by atoms with E-state index in [1.807, 2.05) is 22.7 Å². The zero-order chi connectivity index (χ0) is 46.2. The van der Waals surface area contributed by atoms with Gasteiger partial charge in [-0.15, -0.1) is 22.7 Å². The van der Waals surface area contributed by atoms with Gasteiger partial charge in [0.1, 0.15) is 0 Å². The van der Waals surface area contributed by atoms with Gasteiger partial charge in [0.2, 0.25) is 0 Å². The quantitative estimate of drug-likeness (QED) is 0.162. The smallest absolute Gasteiger partial charge is 0.252 e. The van der Waals surface area contributed by atoms with Crippen LogP contribution in [0.1, 0.15) is 58.2 Å². The van der Waals surface area contributed by atoms with Gasteiger partial charge in [0.25, 0.3) is 6.71 Å².